The first kappa shape index (κ1) is 30.7. The van der Waals surface area contributed by atoms with Gasteiger partial charge in [-0.05, 0) is 93.0 Å². The predicted octanol–water partition coefficient (Wildman–Crippen LogP) is 13.8. The molecule has 2 heterocycles. The number of aryl methyl sites for hydroxylation is 2. The quantitative estimate of drug-likeness (QED) is 0.136. The molecule has 0 radical (unpaired) electrons. The molecule has 0 saturated carbocycles. The van der Waals surface area contributed by atoms with Gasteiger partial charge in [0.15, 0.2) is 0 Å². The number of benzene rings is 8. The zero-order chi connectivity index (χ0) is 34.4. The molecule has 0 unspecified atom stereocenters. The minimum absolute atomic E-state index is 1.03. The summed E-state index contributed by atoms with van der Waals surface area (Å²) in [6.07, 6.45) is 4.76. The van der Waals surface area contributed by atoms with E-state index in [4.69, 9.17) is 0 Å². The highest BCUT2D eigenvalue weighted by Crippen LogP contribution is 2.37. The first-order valence-electron chi connectivity index (χ1n) is 18.8. The van der Waals surface area contributed by atoms with Gasteiger partial charge in [-0.15, -0.1) is 0 Å². The van der Waals surface area contributed by atoms with E-state index in [2.05, 4.69) is 179 Å². The molecule has 0 fully saturated rings. The van der Waals surface area contributed by atoms with Gasteiger partial charge in [0.25, 0.3) is 0 Å². The topological polar surface area (TPSA) is 9.86 Å². The number of fused-ring (bicyclic) bond motifs is 8. The van der Waals surface area contributed by atoms with Gasteiger partial charge in [-0.25, -0.2) is 0 Å². The number of para-hydroxylation sites is 2. The van der Waals surface area contributed by atoms with Crippen LogP contribution >= 0.6 is 0 Å². The van der Waals surface area contributed by atoms with Crippen molar-refractivity contribution in [1.82, 2.24) is 9.13 Å². The second-order valence-electron chi connectivity index (χ2n) is 14.3. The van der Waals surface area contributed by atoms with E-state index >= 15 is 0 Å². The van der Waals surface area contributed by atoms with Gasteiger partial charge in [-0.3, -0.25) is 0 Å². The van der Waals surface area contributed by atoms with Gasteiger partial charge in [0, 0.05) is 56.7 Å². The number of unbranched alkanes of at least 4 members (excludes halogenated alkanes) is 3. The summed E-state index contributed by atoms with van der Waals surface area (Å²) in [4.78, 5) is 0. The normalized spacial score (nSPS) is 11.9. The van der Waals surface area contributed by atoms with Gasteiger partial charge in [0.1, 0.15) is 0 Å². The fraction of sp³-hybridized carbons (Fsp3) is 0.120. The van der Waals surface area contributed by atoms with Crippen LogP contribution in [0.25, 0.3) is 87.4 Å². The molecule has 52 heavy (non-hydrogen) atoms. The van der Waals surface area contributed by atoms with Crippen molar-refractivity contribution in [2.45, 2.75) is 38.8 Å². The molecule has 2 nitrogen and oxygen atoms in total. The molecule has 0 atom stereocenters. The summed E-state index contributed by atoms with van der Waals surface area (Å²) in [5, 5.41) is 10.5. The highest BCUT2D eigenvalue weighted by molar-refractivity contribution is 6.11. The van der Waals surface area contributed by atoms with Crippen molar-refractivity contribution in [3.63, 3.8) is 0 Å². The molecule has 8 aromatic carbocycles. The van der Waals surface area contributed by atoms with Crippen LogP contribution in [0.2, 0.25) is 0 Å². The van der Waals surface area contributed by atoms with Gasteiger partial charge in [0.05, 0.1) is 0 Å². The average molecular weight is 669 g/mol. The fourth-order valence-corrected chi connectivity index (χ4v) is 8.77. The fourth-order valence-electron chi connectivity index (χ4n) is 8.77. The van der Waals surface area contributed by atoms with Crippen molar-refractivity contribution in [3.05, 3.63) is 170 Å². The second kappa shape index (κ2) is 12.9. The highest BCUT2D eigenvalue weighted by atomic mass is 15.0. The van der Waals surface area contributed by atoms with Crippen LogP contribution in [-0.4, -0.2) is 9.13 Å². The maximum atomic E-state index is 2.55. The lowest BCUT2D eigenvalue weighted by atomic mass is 9.97. The summed E-state index contributed by atoms with van der Waals surface area (Å²) in [7, 11) is 0. The van der Waals surface area contributed by atoms with Crippen LogP contribution < -0.4 is 0 Å². The molecule has 2 heteroatoms. The van der Waals surface area contributed by atoms with E-state index < -0.39 is 0 Å². The number of aromatic nitrogens is 2. The maximum absolute atomic E-state index is 2.55. The van der Waals surface area contributed by atoms with Crippen molar-refractivity contribution in [2.75, 3.05) is 0 Å². The molecule has 0 spiro atoms. The number of nitrogens with zero attached hydrogens (tertiary/aromatic N) is 2. The summed E-state index contributed by atoms with van der Waals surface area (Å²) in [6.45, 7) is 2.06. The largest absolute Gasteiger partial charge is 0.340 e. The van der Waals surface area contributed by atoms with E-state index in [0.717, 1.165) is 13.1 Å². The van der Waals surface area contributed by atoms with Gasteiger partial charge >= 0.3 is 0 Å². The minimum atomic E-state index is 1.03. The Morgan fingerprint density at radius 2 is 0.673 bits per heavy atom. The number of rotatable bonds is 9. The van der Waals surface area contributed by atoms with E-state index in [1.54, 1.807) is 0 Å². The van der Waals surface area contributed by atoms with Crippen molar-refractivity contribution in [3.8, 4) is 22.3 Å². The zero-order valence-corrected chi connectivity index (χ0v) is 29.3. The molecule has 10 rings (SSSR count). The monoisotopic (exact) mass is 668 g/mol. The van der Waals surface area contributed by atoms with Gasteiger partial charge in [-0.2, -0.15) is 0 Å². The van der Waals surface area contributed by atoms with Crippen LogP contribution in [-0.2, 0) is 13.1 Å². The third-order valence-corrected chi connectivity index (χ3v) is 11.3. The van der Waals surface area contributed by atoms with E-state index in [1.807, 2.05) is 0 Å². The lowest BCUT2D eigenvalue weighted by Crippen LogP contribution is -2.00. The first-order chi connectivity index (χ1) is 25.8. The van der Waals surface area contributed by atoms with Crippen LogP contribution in [0.3, 0.4) is 0 Å². The van der Waals surface area contributed by atoms with Crippen molar-refractivity contribution in [1.29, 1.82) is 0 Å². The van der Waals surface area contributed by atoms with E-state index in [-0.39, 0.29) is 0 Å². The molecular weight excluding hydrogens is 629 g/mol. The summed E-state index contributed by atoms with van der Waals surface area (Å²) in [6, 6.07) is 62.7. The SMILES string of the molecule is c1ccc2c(-c3ccc4c(c3)c3ccccc3n4CCCCCCn3c4ccccc4c4cc(-c5cccc6ccccc56)ccc43)cccc2c1. The summed E-state index contributed by atoms with van der Waals surface area (Å²) >= 11 is 0. The smallest absolute Gasteiger partial charge is 0.0491 e. The lowest BCUT2D eigenvalue weighted by Gasteiger charge is -2.11. The van der Waals surface area contributed by atoms with Crippen molar-refractivity contribution in [2.24, 2.45) is 0 Å². The molecule has 250 valence electrons. The maximum Gasteiger partial charge on any atom is 0.0491 e. The summed E-state index contributed by atoms with van der Waals surface area (Å²) in [5.74, 6) is 0. The van der Waals surface area contributed by atoms with Gasteiger partial charge in [0.2, 0.25) is 0 Å². The van der Waals surface area contributed by atoms with Gasteiger partial charge < -0.3 is 9.13 Å². The Labute approximate surface area is 304 Å². The zero-order valence-electron chi connectivity index (χ0n) is 29.3. The van der Waals surface area contributed by atoms with Crippen LogP contribution in [0.4, 0.5) is 0 Å². The highest BCUT2D eigenvalue weighted by Gasteiger charge is 2.14. The number of hydrogen-bond donors (Lipinski definition) is 0. The molecule has 0 aliphatic rings. The van der Waals surface area contributed by atoms with E-state index in [0.29, 0.717) is 0 Å². The molecule has 2 aromatic heterocycles. The average Bonchev–Trinajstić information content (AvgIpc) is 3.70. The molecule has 10 aromatic rings. The molecule has 0 aliphatic carbocycles. The Morgan fingerprint density at radius 1 is 0.288 bits per heavy atom. The number of hydrogen-bond acceptors (Lipinski definition) is 0. The van der Waals surface area contributed by atoms with E-state index in [1.165, 1.54) is 113 Å². The van der Waals surface area contributed by atoms with Crippen LogP contribution in [0.1, 0.15) is 25.7 Å². The Kier molecular flexibility index (Phi) is 7.61. The standard InChI is InChI=1S/C50H40N2/c1(11-31-51-47-25-9-7-21-43(47)45-33-37(27-29-49(45)51)41-23-13-17-35-15-3-5-19-39(35)41)2-12-32-52-48-26-10-8-22-44(48)46-34-38(28-30-50(46)52)42-24-14-18-36-16-4-6-20-40(36)42/h3-10,13-30,33-34H,1-2,11-12,31-32H2. The third-order valence-electron chi connectivity index (χ3n) is 11.3. The predicted molar refractivity (Wildman–Crippen MR) is 223 cm³/mol. The molecule has 0 aliphatic heterocycles. The minimum Gasteiger partial charge on any atom is -0.340 e. The Hall–Kier alpha value is -6.12. The lowest BCUT2D eigenvalue weighted by molar-refractivity contribution is 0.559. The third kappa shape index (κ3) is 5.17. The van der Waals surface area contributed by atoms with Crippen molar-refractivity contribution >= 4 is 65.2 Å². The Bertz CT molecular complexity index is 2710. The molecular formula is C50H40N2. The first-order valence-corrected chi connectivity index (χ1v) is 18.8. The Morgan fingerprint density at radius 3 is 1.15 bits per heavy atom. The van der Waals surface area contributed by atoms with Crippen LogP contribution in [0.15, 0.2) is 170 Å². The van der Waals surface area contributed by atoms with Gasteiger partial charge in [-0.1, -0.05) is 146 Å². The summed E-state index contributed by atoms with van der Waals surface area (Å²) in [5.41, 5.74) is 10.5. The molecule has 0 saturated heterocycles. The summed E-state index contributed by atoms with van der Waals surface area (Å²) < 4.78 is 5.11. The van der Waals surface area contributed by atoms with E-state index in [9.17, 15) is 0 Å². The molecule has 0 bridgehead atoms. The van der Waals surface area contributed by atoms with Crippen LogP contribution in [0.5, 0.6) is 0 Å². The molecule has 0 N–H and O–H groups in total. The van der Waals surface area contributed by atoms with Crippen molar-refractivity contribution < 1.29 is 0 Å². The molecule has 0 amide bonds. The Balaban J connectivity index is 0.874. The van der Waals surface area contributed by atoms with Crippen LogP contribution in [0, 0.1) is 0 Å². The second-order valence-corrected chi connectivity index (χ2v) is 14.3.